The molecule has 1 heterocycles. The van der Waals surface area contributed by atoms with E-state index in [0.717, 1.165) is 34.9 Å². The SMILES string of the molecule is C=C(/C=C\CC)N(c1ccccc1)C1(C)C=CC=CC1N(c1ccc2c(c1)Oc1ccccc1O2)c1ccc2c(c1)C(C)(C)c1ccccc1-2. The second-order valence-corrected chi connectivity index (χ2v) is 13.9. The molecule has 0 saturated carbocycles. The summed E-state index contributed by atoms with van der Waals surface area (Å²) in [6.45, 7) is 13.8. The van der Waals surface area contributed by atoms with Crippen molar-refractivity contribution in [3.8, 4) is 34.1 Å². The molecule has 1 aliphatic heterocycles. The normalized spacial score (nSPS) is 19.1. The summed E-state index contributed by atoms with van der Waals surface area (Å²) in [6, 6.07) is 40.3. The van der Waals surface area contributed by atoms with Gasteiger partial charge in [-0.2, -0.15) is 0 Å². The van der Waals surface area contributed by atoms with Crippen molar-refractivity contribution in [1.29, 1.82) is 0 Å². The van der Waals surface area contributed by atoms with E-state index in [1.165, 1.54) is 22.3 Å². The Labute approximate surface area is 295 Å². The second kappa shape index (κ2) is 12.3. The summed E-state index contributed by atoms with van der Waals surface area (Å²) in [5.74, 6) is 2.81. The van der Waals surface area contributed by atoms with Gasteiger partial charge in [0.05, 0.1) is 11.6 Å². The molecule has 248 valence electrons. The van der Waals surface area contributed by atoms with Gasteiger partial charge in [0.25, 0.3) is 0 Å². The first kappa shape index (κ1) is 31.5. The van der Waals surface area contributed by atoms with Gasteiger partial charge in [-0.15, -0.1) is 0 Å². The summed E-state index contributed by atoms with van der Waals surface area (Å²) >= 11 is 0. The molecule has 2 atom stereocenters. The van der Waals surface area contributed by atoms with Crippen molar-refractivity contribution in [3.63, 3.8) is 0 Å². The Balaban J connectivity index is 1.32. The van der Waals surface area contributed by atoms with E-state index in [-0.39, 0.29) is 11.5 Å². The van der Waals surface area contributed by atoms with E-state index in [0.29, 0.717) is 17.2 Å². The van der Waals surface area contributed by atoms with Crippen LogP contribution in [-0.4, -0.2) is 11.6 Å². The van der Waals surface area contributed by atoms with Crippen LogP contribution in [0.3, 0.4) is 0 Å². The van der Waals surface area contributed by atoms with Crippen molar-refractivity contribution < 1.29 is 9.47 Å². The molecule has 0 radical (unpaired) electrons. The first-order valence-electron chi connectivity index (χ1n) is 17.5. The Morgan fingerprint density at radius 1 is 0.680 bits per heavy atom. The number of anilines is 3. The molecule has 0 spiro atoms. The van der Waals surface area contributed by atoms with Gasteiger partial charge >= 0.3 is 0 Å². The third-order valence-electron chi connectivity index (χ3n) is 10.4. The Hall–Kier alpha value is -5.74. The number of rotatable bonds is 8. The number of para-hydroxylation sites is 3. The van der Waals surface area contributed by atoms with E-state index in [9.17, 15) is 0 Å². The van der Waals surface area contributed by atoms with E-state index >= 15 is 0 Å². The van der Waals surface area contributed by atoms with E-state index in [1.54, 1.807) is 0 Å². The number of benzene rings is 5. The highest BCUT2D eigenvalue weighted by Crippen LogP contribution is 2.52. The van der Waals surface area contributed by atoms with Crippen molar-refractivity contribution >= 4 is 17.1 Å². The highest BCUT2D eigenvalue weighted by molar-refractivity contribution is 5.84. The molecule has 5 aromatic rings. The Bertz CT molecular complexity index is 2190. The smallest absolute Gasteiger partial charge is 0.172 e. The van der Waals surface area contributed by atoms with Crippen LogP contribution in [0.4, 0.5) is 17.1 Å². The van der Waals surface area contributed by atoms with E-state index in [4.69, 9.17) is 9.47 Å². The monoisotopic (exact) mass is 654 g/mol. The van der Waals surface area contributed by atoms with Gasteiger partial charge in [-0.3, -0.25) is 0 Å². The van der Waals surface area contributed by atoms with E-state index in [1.807, 2.05) is 30.3 Å². The molecule has 2 unspecified atom stereocenters. The molecule has 4 nitrogen and oxygen atoms in total. The molecule has 8 rings (SSSR count). The molecule has 4 heteroatoms. The zero-order valence-electron chi connectivity index (χ0n) is 29.1. The Kier molecular flexibility index (Phi) is 7.75. The molecular weight excluding hydrogens is 613 g/mol. The number of ether oxygens (including phenoxy) is 2. The van der Waals surface area contributed by atoms with Crippen molar-refractivity contribution in [2.24, 2.45) is 0 Å². The molecule has 0 aromatic heterocycles. The number of hydrogen-bond acceptors (Lipinski definition) is 4. The lowest BCUT2D eigenvalue weighted by Gasteiger charge is -2.51. The average Bonchev–Trinajstić information content (AvgIpc) is 3.37. The molecule has 3 aliphatic rings. The fraction of sp³-hybridized carbons (Fsp3) is 0.174. The van der Waals surface area contributed by atoms with Crippen LogP contribution in [0.2, 0.25) is 0 Å². The zero-order chi connectivity index (χ0) is 34.5. The Morgan fingerprint density at radius 3 is 2.10 bits per heavy atom. The molecule has 50 heavy (non-hydrogen) atoms. The van der Waals surface area contributed by atoms with E-state index in [2.05, 4.69) is 165 Å². The lowest BCUT2D eigenvalue weighted by molar-refractivity contribution is 0.359. The number of nitrogens with zero attached hydrogens (tertiary/aromatic N) is 2. The first-order valence-corrected chi connectivity index (χ1v) is 17.5. The van der Waals surface area contributed by atoms with Gasteiger partial charge in [0.15, 0.2) is 23.0 Å². The van der Waals surface area contributed by atoms with Crippen LogP contribution in [0, 0.1) is 0 Å². The van der Waals surface area contributed by atoms with Gasteiger partial charge < -0.3 is 19.3 Å². The van der Waals surface area contributed by atoms with Gasteiger partial charge in [0.2, 0.25) is 0 Å². The van der Waals surface area contributed by atoms with Crippen LogP contribution in [-0.2, 0) is 5.41 Å². The van der Waals surface area contributed by atoms with Crippen LogP contribution in [0.15, 0.2) is 164 Å². The quantitative estimate of drug-likeness (QED) is 0.153. The van der Waals surface area contributed by atoms with Gasteiger partial charge in [0.1, 0.15) is 0 Å². The predicted octanol–water partition coefficient (Wildman–Crippen LogP) is 12.3. The zero-order valence-corrected chi connectivity index (χ0v) is 29.1. The second-order valence-electron chi connectivity index (χ2n) is 13.9. The standard InChI is InChI=1S/C46H42N2O2/c1-6-7-17-32(2)48(33-18-9-8-10-19-33)46(5)29-16-15-24-44(46)47(35-26-28-42-43(31-35)50-41-23-14-13-22-40(41)49-42)34-25-27-37-36-20-11-12-21-38(36)45(3,4)39(37)30-34/h7-31,44H,2,6H2,1,3-5H3/b17-7-. The van der Waals surface area contributed by atoms with Gasteiger partial charge in [-0.05, 0) is 90.2 Å². The molecular formula is C46H42N2O2. The fourth-order valence-electron chi connectivity index (χ4n) is 7.91. The van der Waals surface area contributed by atoms with Crippen molar-refractivity contribution in [2.75, 3.05) is 9.80 Å². The minimum atomic E-state index is -0.553. The number of fused-ring (bicyclic) bond motifs is 5. The van der Waals surface area contributed by atoms with Crippen LogP contribution >= 0.6 is 0 Å². The maximum atomic E-state index is 6.47. The van der Waals surface area contributed by atoms with Crippen LogP contribution < -0.4 is 19.3 Å². The van der Waals surface area contributed by atoms with Crippen LogP contribution in [0.5, 0.6) is 23.0 Å². The maximum Gasteiger partial charge on any atom is 0.172 e. The summed E-state index contributed by atoms with van der Waals surface area (Å²) in [7, 11) is 0. The molecule has 5 aromatic carbocycles. The van der Waals surface area contributed by atoms with Crippen molar-refractivity contribution in [2.45, 2.75) is 51.1 Å². The third-order valence-corrected chi connectivity index (χ3v) is 10.4. The highest BCUT2D eigenvalue weighted by Gasteiger charge is 2.44. The van der Waals surface area contributed by atoms with Crippen LogP contribution in [0.25, 0.3) is 11.1 Å². The number of hydrogen-bond donors (Lipinski definition) is 0. The first-order chi connectivity index (χ1) is 24.3. The molecule has 0 fully saturated rings. The average molecular weight is 655 g/mol. The lowest BCUT2D eigenvalue weighted by Crippen LogP contribution is -2.58. The largest absolute Gasteiger partial charge is 0.450 e. The summed E-state index contributed by atoms with van der Waals surface area (Å²) in [4.78, 5) is 4.83. The predicted molar refractivity (Wildman–Crippen MR) is 207 cm³/mol. The maximum absolute atomic E-state index is 6.47. The third kappa shape index (κ3) is 5.14. The van der Waals surface area contributed by atoms with Gasteiger partial charge in [-0.25, -0.2) is 0 Å². The molecule has 0 N–H and O–H groups in total. The molecule has 2 aliphatic carbocycles. The number of allylic oxidation sites excluding steroid dienone is 4. The van der Waals surface area contributed by atoms with Crippen LogP contribution in [0.1, 0.15) is 45.2 Å². The molecule has 0 bridgehead atoms. The van der Waals surface area contributed by atoms with Crippen molar-refractivity contribution in [3.05, 3.63) is 175 Å². The van der Waals surface area contributed by atoms with Crippen molar-refractivity contribution in [1.82, 2.24) is 0 Å². The summed E-state index contributed by atoms with van der Waals surface area (Å²) in [6.07, 6.45) is 14.2. The topological polar surface area (TPSA) is 24.9 Å². The lowest BCUT2D eigenvalue weighted by atomic mass is 9.81. The summed E-state index contributed by atoms with van der Waals surface area (Å²) < 4.78 is 12.8. The van der Waals surface area contributed by atoms with E-state index < -0.39 is 5.54 Å². The van der Waals surface area contributed by atoms with Gasteiger partial charge in [0, 0.05) is 34.2 Å². The molecule has 0 saturated heterocycles. The minimum absolute atomic E-state index is 0.148. The molecule has 0 amide bonds. The summed E-state index contributed by atoms with van der Waals surface area (Å²) in [5.41, 5.74) is 8.68. The minimum Gasteiger partial charge on any atom is -0.450 e. The van der Waals surface area contributed by atoms with Gasteiger partial charge in [-0.1, -0.05) is 118 Å². The fourth-order valence-corrected chi connectivity index (χ4v) is 7.91. The Morgan fingerprint density at radius 2 is 1.32 bits per heavy atom. The highest BCUT2D eigenvalue weighted by atomic mass is 16.6. The summed E-state index contributed by atoms with van der Waals surface area (Å²) in [5, 5.41) is 0.